The number of carbonyl (C=O) groups is 2. The van der Waals surface area contributed by atoms with Crippen molar-refractivity contribution in [2.75, 3.05) is 6.61 Å². The summed E-state index contributed by atoms with van der Waals surface area (Å²) < 4.78 is 5.66. The lowest BCUT2D eigenvalue weighted by Gasteiger charge is -2.34. The highest BCUT2D eigenvalue weighted by Crippen LogP contribution is 2.38. The van der Waals surface area contributed by atoms with Gasteiger partial charge in [-0.25, -0.2) is 4.79 Å². The van der Waals surface area contributed by atoms with Gasteiger partial charge in [0.25, 0.3) is 0 Å². The number of hydrogen-bond acceptors (Lipinski definition) is 5. The summed E-state index contributed by atoms with van der Waals surface area (Å²) in [6, 6.07) is 8.72. The molecule has 0 spiro atoms. The molecule has 1 atom stereocenters. The number of benzene rings is 2. The van der Waals surface area contributed by atoms with Gasteiger partial charge in [0.05, 0.1) is 15.9 Å². The second-order valence-electron chi connectivity index (χ2n) is 6.46. The smallest absolute Gasteiger partial charge is 0.335 e. The van der Waals surface area contributed by atoms with E-state index >= 15 is 0 Å². The van der Waals surface area contributed by atoms with Gasteiger partial charge in [-0.2, -0.15) is 0 Å². The number of nitro groups is 1. The Morgan fingerprint density at radius 3 is 2.78 bits per heavy atom. The lowest BCUT2D eigenvalue weighted by molar-refractivity contribution is -0.385. The second-order valence-corrected chi connectivity index (χ2v) is 6.90. The molecule has 0 bridgehead atoms. The third kappa shape index (κ3) is 3.64. The highest BCUT2D eigenvalue weighted by atomic mass is 35.5. The summed E-state index contributed by atoms with van der Waals surface area (Å²) >= 11 is 6.04. The van der Waals surface area contributed by atoms with E-state index < -0.39 is 22.0 Å². The normalized spacial score (nSPS) is 18.4. The average Bonchev–Trinajstić information content (AvgIpc) is 2.65. The molecule has 1 N–H and O–H groups in total. The third-order valence-corrected chi connectivity index (χ3v) is 5.02. The number of nitrogens with zero attached hydrogens (tertiary/aromatic N) is 1. The van der Waals surface area contributed by atoms with Gasteiger partial charge in [-0.1, -0.05) is 17.7 Å². The number of aldehydes is 1. The van der Waals surface area contributed by atoms with Crippen molar-refractivity contribution < 1.29 is 24.4 Å². The van der Waals surface area contributed by atoms with Crippen LogP contribution in [0.1, 0.15) is 34.3 Å². The number of ether oxygens (including phenoxy) is 1. The summed E-state index contributed by atoms with van der Waals surface area (Å²) in [4.78, 5) is 33.6. The van der Waals surface area contributed by atoms with Crippen molar-refractivity contribution in [2.24, 2.45) is 0 Å². The van der Waals surface area contributed by atoms with E-state index in [9.17, 15) is 19.7 Å². The lowest BCUT2D eigenvalue weighted by Crippen LogP contribution is -2.38. The number of halogens is 1. The maximum absolute atomic E-state index is 12.0. The van der Waals surface area contributed by atoms with Crippen LogP contribution in [-0.4, -0.2) is 28.9 Å². The first-order valence-electron chi connectivity index (χ1n) is 8.26. The fourth-order valence-electron chi connectivity index (χ4n) is 3.41. The van der Waals surface area contributed by atoms with E-state index in [-0.39, 0.29) is 17.9 Å². The number of rotatable bonds is 6. The molecular formula is C19H16ClNO6. The zero-order chi connectivity index (χ0) is 19.6. The van der Waals surface area contributed by atoms with Crippen LogP contribution in [0.15, 0.2) is 36.4 Å². The predicted molar refractivity (Wildman–Crippen MR) is 97.7 cm³/mol. The van der Waals surface area contributed by atoms with E-state index in [0.29, 0.717) is 11.4 Å². The SMILES string of the molecule is O=CC1(COc2ccc(C(=O)O)cc2[N+](=O)[O-])CCCc2cc(Cl)ccc21. The fraction of sp³-hybridized carbons (Fsp3) is 0.263. The zero-order valence-corrected chi connectivity index (χ0v) is 14.9. The number of aryl methyl sites for hydroxylation is 1. The van der Waals surface area contributed by atoms with Crippen molar-refractivity contribution in [1.29, 1.82) is 0 Å². The van der Waals surface area contributed by atoms with Crippen molar-refractivity contribution in [1.82, 2.24) is 0 Å². The molecule has 3 rings (SSSR count). The maximum atomic E-state index is 12.0. The van der Waals surface area contributed by atoms with Crippen LogP contribution in [0.4, 0.5) is 5.69 Å². The van der Waals surface area contributed by atoms with Crippen molar-refractivity contribution in [3.8, 4) is 5.75 Å². The van der Waals surface area contributed by atoms with E-state index in [4.69, 9.17) is 21.4 Å². The van der Waals surface area contributed by atoms with Gasteiger partial charge in [-0.05, 0) is 54.7 Å². The summed E-state index contributed by atoms with van der Waals surface area (Å²) in [5, 5.41) is 20.9. The molecule has 2 aromatic carbocycles. The van der Waals surface area contributed by atoms with E-state index in [1.165, 1.54) is 12.1 Å². The van der Waals surface area contributed by atoms with Crippen molar-refractivity contribution in [2.45, 2.75) is 24.7 Å². The standard InChI is InChI=1S/C19H16ClNO6/c20-14-4-5-15-12(8-14)2-1-7-19(15,10-22)11-27-17-6-3-13(18(23)24)9-16(17)21(25)26/h3-6,8-10H,1-2,7,11H2,(H,23,24). The Morgan fingerprint density at radius 1 is 1.33 bits per heavy atom. The molecule has 0 fully saturated rings. The maximum Gasteiger partial charge on any atom is 0.335 e. The molecule has 0 radical (unpaired) electrons. The molecule has 0 saturated carbocycles. The lowest BCUT2D eigenvalue weighted by atomic mass is 9.71. The Labute approximate surface area is 159 Å². The molecule has 1 unspecified atom stereocenters. The van der Waals surface area contributed by atoms with Crippen LogP contribution >= 0.6 is 11.6 Å². The van der Waals surface area contributed by atoms with E-state index in [0.717, 1.165) is 36.3 Å². The number of carboxylic acids is 1. The Bertz CT molecular complexity index is 928. The topological polar surface area (TPSA) is 107 Å². The van der Waals surface area contributed by atoms with Crippen LogP contribution in [-0.2, 0) is 16.6 Å². The summed E-state index contributed by atoms with van der Waals surface area (Å²) in [6.07, 6.45) is 2.91. The van der Waals surface area contributed by atoms with Gasteiger partial charge in [0, 0.05) is 11.1 Å². The predicted octanol–water partition coefficient (Wildman–Crippen LogP) is 3.80. The second kappa shape index (κ2) is 7.36. The van der Waals surface area contributed by atoms with Crippen LogP contribution in [0.5, 0.6) is 5.75 Å². The molecule has 0 aliphatic heterocycles. The van der Waals surface area contributed by atoms with E-state index in [1.807, 2.05) is 6.07 Å². The van der Waals surface area contributed by atoms with Crippen molar-refractivity contribution >= 4 is 29.5 Å². The highest BCUT2D eigenvalue weighted by molar-refractivity contribution is 6.30. The Kier molecular flexibility index (Phi) is 5.14. The third-order valence-electron chi connectivity index (χ3n) is 4.79. The number of nitro benzene ring substituents is 1. The molecule has 0 saturated heterocycles. The number of carboxylic acid groups (broad SMARTS) is 1. The van der Waals surface area contributed by atoms with Gasteiger partial charge in [-0.3, -0.25) is 10.1 Å². The summed E-state index contributed by atoms with van der Waals surface area (Å²) in [5.41, 5.74) is 0.162. The molecule has 1 aliphatic carbocycles. The number of aromatic carboxylic acids is 1. The summed E-state index contributed by atoms with van der Waals surface area (Å²) in [5.74, 6) is -1.35. The molecule has 7 nitrogen and oxygen atoms in total. The van der Waals surface area contributed by atoms with Gasteiger partial charge in [0.2, 0.25) is 0 Å². The Hall–Kier alpha value is -2.93. The molecule has 0 aromatic heterocycles. The van der Waals surface area contributed by atoms with Crippen molar-refractivity contribution in [3.05, 3.63) is 68.2 Å². The molecule has 1 aliphatic rings. The van der Waals surface area contributed by atoms with Crippen LogP contribution in [0.2, 0.25) is 5.02 Å². The average molecular weight is 390 g/mol. The first-order chi connectivity index (χ1) is 12.9. The minimum absolute atomic E-state index is 0.0766. The molecule has 8 heteroatoms. The number of hydrogen-bond donors (Lipinski definition) is 1. The minimum atomic E-state index is -1.27. The van der Waals surface area contributed by atoms with Gasteiger partial charge in [0.1, 0.15) is 12.9 Å². The van der Waals surface area contributed by atoms with Gasteiger partial charge in [-0.15, -0.1) is 0 Å². The van der Waals surface area contributed by atoms with Gasteiger partial charge in [0.15, 0.2) is 5.75 Å². The first-order valence-corrected chi connectivity index (χ1v) is 8.64. The molecule has 27 heavy (non-hydrogen) atoms. The molecule has 140 valence electrons. The monoisotopic (exact) mass is 389 g/mol. The van der Waals surface area contributed by atoms with Crippen LogP contribution in [0.25, 0.3) is 0 Å². The molecule has 2 aromatic rings. The summed E-state index contributed by atoms with van der Waals surface area (Å²) in [7, 11) is 0. The Balaban J connectivity index is 1.93. The van der Waals surface area contributed by atoms with E-state index in [1.54, 1.807) is 12.1 Å². The highest BCUT2D eigenvalue weighted by Gasteiger charge is 2.38. The van der Waals surface area contributed by atoms with Crippen LogP contribution in [0, 0.1) is 10.1 Å². The molecular weight excluding hydrogens is 374 g/mol. The summed E-state index contributed by atoms with van der Waals surface area (Å²) in [6.45, 7) is -0.0849. The number of carbonyl (C=O) groups excluding carboxylic acids is 1. The van der Waals surface area contributed by atoms with Gasteiger partial charge >= 0.3 is 11.7 Å². The van der Waals surface area contributed by atoms with Crippen LogP contribution < -0.4 is 4.74 Å². The molecule has 0 amide bonds. The molecule has 0 heterocycles. The Morgan fingerprint density at radius 2 is 2.11 bits per heavy atom. The van der Waals surface area contributed by atoms with E-state index in [2.05, 4.69) is 0 Å². The van der Waals surface area contributed by atoms with Crippen LogP contribution in [0.3, 0.4) is 0 Å². The fourth-order valence-corrected chi connectivity index (χ4v) is 3.61. The largest absolute Gasteiger partial charge is 0.485 e. The quantitative estimate of drug-likeness (QED) is 0.457. The first kappa shape index (κ1) is 18.8. The van der Waals surface area contributed by atoms with Crippen molar-refractivity contribution in [3.63, 3.8) is 0 Å². The van der Waals surface area contributed by atoms with Gasteiger partial charge < -0.3 is 14.6 Å². The number of fused-ring (bicyclic) bond motifs is 1. The zero-order valence-electron chi connectivity index (χ0n) is 14.2. The minimum Gasteiger partial charge on any atom is -0.485 e.